The minimum atomic E-state index is -0.964. The molecule has 0 aliphatic heterocycles. The molecule has 4 N–H and O–H groups in total. The van der Waals surface area contributed by atoms with Crippen molar-refractivity contribution in [3.63, 3.8) is 0 Å². The van der Waals surface area contributed by atoms with E-state index in [0.717, 1.165) is 4.47 Å². The Kier molecular flexibility index (Phi) is 4.52. The number of hydrogen-bond donors (Lipinski definition) is 4. The Bertz CT molecular complexity index is 352. The second-order valence-electron chi connectivity index (χ2n) is 3.64. The number of aromatic amines is 1. The Labute approximate surface area is 102 Å². The number of hydrogen-bond acceptors (Lipinski definition) is 3. The average molecular weight is 291 g/mol. The van der Waals surface area contributed by atoms with Crippen molar-refractivity contribution in [2.45, 2.75) is 18.9 Å². The van der Waals surface area contributed by atoms with Crippen LogP contribution in [0.15, 0.2) is 16.7 Å². The maximum atomic E-state index is 11.8. The highest BCUT2D eigenvalue weighted by molar-refractivity contribution is 9.10. The molecule has 0 spiro atoms. The van der Waals surface area contributed by atoms with E-state index in [1.54, 1.807) is 19.2 Å². The molecule has 5 nitrogen and oxygen atoms in total. The van der Waals surface area contributed by atoms with Gasteiger partial charge in [0.1, 0.15) is 5.69 Å². The molecule has 1 aromatic heterocycles. The summed E-state index contributed by atoms with van der Waals surface area (Å²) in [6.07, 6.45) is 2.09. The number of H-pyrrole nitrogens is 1. The fourth-order valence-electron chi connectivity index (χ4n) is 1.25. The number of carbonyl (C=O) groups is 1. The molecule has 0 aromatic carbocycles. The first kappa shape index (κ1) is 13.2. The number of rotatable bonds is 5. The minimum absolute atomic E-state index is 0.298. The highest BCUT2D eigenvalue weighted by Crippen LogP contribution is 2.13. The lowest BCUT2D eigenvalue weighted by Crippen LogP contribution is -2.53. The smallest absolute Gasteiger partial charge is 0.268 e. The van der Waals surface area contributed by atoms with Crippen molar-refractivity contribution in [1.82, 2.24) is 10.3 Å². The molecule has 0 unspecified atom stereocenters. The van der Waals surface area contributed by atoms with Crippen molar-refractivity contribution in [3.05, 3.63) is 22.4 Å². The molecular formula is C10H15BrN2O3. The molecule has 90 valence electrons. The predicted octanol–water partition coefficient (Wildman–Crippen LogP) is 0.640. The van der Waals surface area contributed by atoms with Gasteiger partial charge in [-0.2, -0.15) is 0 Å². The molecule has 1 amide bonds. The van der Waals surface area contributed by atoms with E-state index in [-0.39, 0.29) is 19.1 Å². The second-order valence-corrected chi connectivity index (χ2v) is 4.55. The summed E-state index contributed by atoms with van der Waals surface area (Å²) in [5, 5.41) is 21.0. The van der Waals surface area contributed by atoms with Crippen molar-refractivity contribution in [1.29, 1.82) is 0 Å². The van der Waals surface area contributed by atoms with Crippen LogP contribution < -0.4 is 5.32 Å². The number of amides is 1. The SMILES string of the molecule is CCC(CO)(CO)NC(=O)c1cc(Br)c[nH]1. The first-order chi connectivity index (χ1) is 7.56. The van der Waals surface area contributed by atoms with Crippen LogP contribution in [0, 0.1) is 0 Å². The normalized spacial score (nSPS) is 11.5. The third-order valence-corrected chi connectivity index (χ3v) is 3.01. The summed E-state index contributed by atoms with van der Waals surface area (Å²) in [4.78, 5) is 14.5. The van der Waals surface area contributed by atoms with Crippen LogP contribution in [-0.4, -0.2) is 39.9 Å². The van der Waals surface area contributed by atoms with E-state index < -0.39 is 5.54 Å². The van der Waals surface area contributed by atoms with Crippen LogP contribution in [0.1, 0.15) is 23.8 Å². The van der Waals surface area contributed by atoms with Crippen LogP contribution in [-0.2, 0) is 0 Å². The summed E-state index contributed by atoms with van der Waals surface area (Å²) < 4.78 is 0.771. The Hall–Kier alpha value is -0.850. The van der Waals surface area contributed by atoms with E-state index in [9.17, 15) is 15.0 Å². The van der Waals surface area contributed by atoms with Crippen LogP contribution in [0.25, 0.3) is 0 Å². The van der Waals surface area contributed by atoms with Crippen LogP contribution in [0.5, 0.6) is 0 Å². The Morgan fingerprint density at radius 1 is 1.56 bits per heavy atom. The van der Waals surface area contributed by atoms with E-state index in [4.69, 9.17) is 0 Å². The summed E-state index contributed by atoms with van der Waals surface area (Å²) in [5.41, 5.74) is -0.583. The van der Waals surface area contributed by atoms with E-state index in [2.05, 4.69) is 26.2 Å². The van der Waals surface area contributed by atoms with E-state index in [1.807, 2.05) is 0 Å². The van der Waals surface area contributed by atoms with Gasteiger partial charge in [-0.05, 0) is 28.4 Å². The van der Waals surface area contributed by atoms with Gasteiger partial charge in [0.05, 0.1) is 18.8 Å². The fraction of sp³-hybridized carbons (Fsp3) is 0.500. The molecule has 16 heavy (non-hydrogen) atoms. The summed E-state index contributed by atoms with van der Waals surface area (Å²) >= 11 is 3.22. The van der Waals surface area contributed by atoms with Gasteiger partial charge in [0.15, 0.2) is 0 Å². The topological polar surface area (TPSA) is 85.3 Å². The van der Waals surface area contributed by atoms with Gasteiger partial charge in [-0.25, -0.2) is 0 Å². The standard InChI is InChI=1S/C10H15BrN2O3/c1-2-10(5-14,6-15)13-9(16)8-3-7(11)4-12-8/h3-4,12,14-15H,2,5-6H2,1H3,(H,13,16). The van der Waals surface area contributed by atoms with Crippen LogP contribution in [0.3, 0.4) is 0 Å². The average Bonchev–Trinajstić information content (AvgIpc) is 2.73. The molecule has 6 heteroatoms. The molecular weight excluding hydrogens is 276 g/mol. The van der Waals surface area contributed by atoms with E-state index in [0.29, 0.717) is 12.1 Å². The number of carbonyl (C=O) groups excluding carboxylic acids is 1. The Morgan fingerprint density at radius 3 is 2.56 bits per heavy atom. The zero-order valence-electron chi connectivity index (χ0n) is 8.96. The molecule has 0 fully saturated rings. The molecule has 0 radical (unpaired) electrons. The zero-order valence-corrected chi connectivity index (χ0v) is 10.5. The van der Waals surface area contributed by atoms with Gasteiger partial charge >= 0.3 is 0 Å². The van der Waals surface area contributed by atoms with Crippen molar-refractivity contribution < 1.29 is 15.0 Å². The van der Waals surface area contributed by atoms with Gasteiger partial charge < -0.3 is 20.5 Å². The predicted molar refractivity (Wildman–Crippen MR) is 63.2 cm³/mol. The van der Waals surface area contributed by atoms with Crippen LogP contribution >= 0.6 is 15.9 Å². The van der Waals surface area contributed by atoms with Crippen molar-refractivity contribution >= 4 is 21.8 Å². The molecule has 0 saturated carbocycles. The maximum Gasteiger partial charge on any atom is 0.268 e. The lowest BCUT2D eigenvalue weighted by Gasteiger charge is -2.29. The largest absolute Gasteiger partial charge is 0.394 e. The summed E-state index contributed by atoms with van der Waals surface area (Å²) in [7, 11) is 0. The summed E-state index contributed by atoms with van der Waals surface area (Å²) in [5.74, 6) is -0.351. The van der Waals surface area contributed by atoms with E-state index >= 15 is 0 Å². The molecule has 1 heterocycles. The number of aliphatic hydroxyl groups is 2. The van der Waals surface area contributed by atoms with Gasteiger partial charge in [0.2, 0.25) is 0 Å². The maximum absolute atomic E-state index is 11.8. The molecule has 0 atom stereocenters. The molecule has 1 rings (SSSR count). The van der Waals surface area contributed by atoms with Gasteiger partial charge in [-0.3, -0.25) is 4.79 Å². The lowest BCUT2D eigenvalue weighted by atomic mass is 9.98. The highest BCUT2D eigenvalue weighted by Gasteiger charge is 2.29. The third-order valence-electron chi connectivity index (χ3n) is 2.55. The van der Waals surface area contributed by atoms with Crippen LogP contribution in [0.4, 0.5) is 0 Å². The molecule has 0 saturated heterocycles. The van der Waals surface area contributed by atoms with E-state index in [1.165, 1.54) is 0 Å². The quantitative estimate of drug-likeness (QED) is 0.642. The van der Waals surface area contributed by atoms with Gasteiger partial charge in [-0.15, -0.1) is 0 Å². The minimum Gasteiger partial charge on any atom is -0.394 e. The lowest BCUT2D eigenvalue weighted by molar-refractivity contribution is 0.0649. The van der Waals surface area contributed by atoms with Crippen molar-refractivity contribution in [2.24, 2.45) is 0 Å². The second kappa shape index (κ2) is 5.47. The Morgan fingerprint density at radius 2 is 2.19 bits per heavy atom. The molecule has 1 aromatic rings. The molecule has 0 bridgehead atoms. The Balaban J connectivity index is 2.76. The summed E-state index contributed by atoms with van der Waals surface area (Å²) in [6.45, 7) is 1.19. The highest BCUT2D eigenvalue weighted by atomic mass is 79.9. The summed E-state index contributed by atoms with van der Waals surface area (Å²) in [6, 6.07) is 1.63. The number of aliphatic hydroxyl groups excluding tert-OH is 2. The van der Waals surface area contributed by atoms with Gasteiger partial charge in [-0.1, -0.05) is 6.92 Å². The van der Waals surface area contributed by atoms with Gasteiger partial charge in [0.25, 0.3) is 5.91 Å². The van der Waals surface area contributed by atoms with Crippen molar-refractivity contribution in [2.75, 3.05) is 13.2 Å². The molecule has 0 aliphatic carbocycles. The third kappa shape index (κ3) is 2.84. The zero-order chi connectivity index (χ0) is 12.2. The first-order valence-electron chi connectivity index (χ1n) is 4.95. The van der Waals surface area contributed by atoms with Crippen LogP contribution in [0.2, 0.25) is 0 Å². The fourth-order valence-corrected chi connectivity index (χ4v) is 1.59. The number of nitrogens with one attached hydrogen (secondary N) is 2. The number of halogens is 1. The monoisotopic (exact) mass is 290 g/mol. The first-order valence-corrected chi connectivity index (χ1v) is 5.74. The number of aromatic nitrogens is 1. The molecule has 0 aliphatic rings. The van der Waals surface area contributed by atoms with Crippen molar-refractivity contribution in [3.8, 4) is 0 Å². The van der Waals surface area contributed by atoms with Gasteiger partial charge in [0, 0.05) is 10.7 Å².